The van der Waals surface area contributed by atoms with Gasteiger partial charge < -0.3 is 15.1 Å². The zero-order chi connectivity index (χ0) is 22.9. The molecule has 2 amide bonds. The number of nitrogens with one attached hydrogen (secondary N) is 1. The monoisotopic (exact) mass is 460 g/mol. The van der Waals surface area contributed by atoms with Gasteiger partial charge in [0.1, 0.15) is 0 Å². The Balaban J connectivity index is 1.51. The lowest BCUT2D eigenvalue weighted by Gasteiger charge is -2.40. The van der Waals surface area contributed by atoms with Crippen LogP contribution in [0.3, 0.4) is 0 Å². The Morgan fingerprint density at radius 3 is 2.58 bits per heavy atom. The van der Waals surface area contributed by atoms with Crippen LogP contribution in [-0.4, -0.2) is 53.3 Å². The summed E-state index contributed by atoms with van der Waals surface area (Å²) >= 11 is 1.56. The molecule has 1 N–H and O–H groups in total. The summed E-state index contributed by atoms with van der Waals surface area (Å²) in [7, 11) is 2.10. The lowest BCUT2D eigenvalue weighted by atomic mass is 9.99. The number of carbonyl (C=O) groups excluding carboxylic acids is 2. The van der Waals surface area contributed by atoms with Crippen LogP contribution < -0.4 is 5.32 Å². The second kappa shape index (κ2) is 9.08. The second-order valence-electron chi connectivity index (χ2n) is 8.95. The number of piperazine rings is 1. The van der Waals surface area contributed by atoms with E-state index in [4.69, 9.17) is 0 Å². The van der Waals surface area contributed by atoms with Gasteiger partial charge in [-0.25, -0.2) is 4.98 Å². The summed E-state index contributed by atoms with van der Waals surface area (Å²) in [5.74, 6) is 0.194. The molecule has 0 spiro atoms. The molecule has 1 unspecified atom stereocenters. The fourth-order valence-electron chi connectivity index (χ4n) is 4.37. The maximum atomic E-state index is 13.9. The Morgan fingerprint density at radius 2 is 1.88 bits per heavy atom. The zero-order valence-electron chi connectivity index (χ0n) is 19.0. The van der Waals surface area contributed by atoms with Crippen molar-refractivity contribution in [3.05, 3.63) is 70.9 Å². The molecule has 1 aliphatic heterocycles. The molecule has 2 fully saturated rings. The van der Waals surface area contributed by atoms with E-state index in [1.54, 1.807) is 11.3 Å². The van der Waals surface area contributed by atoms with Gasteiger partial charge in [-0.2, -0.15) is 0 Å². The fourth-order valence-corrected chi connectivity index (χ4v) is 5.17. The Labute approximate surface area is 198 Å². The van der Waals surface area contributed by atoms with Crippen LogP contribution in [0.4, 0.5) is 5.69 Å². The lowest BCUT2D eigenvalue weighted by molar-refractivity contribution is -0.117. The highest BCUT2D eigenvalue weighted by atomic mass is 32.1. The Kier molecular flexibility index (Phi) is 6.00. The van der Waals surface area contributed by atoms with E-state index in [0.29, 0.717) is 12.1 Å². The molecule has 1 atom stereocenters. The number of aromatic nitrogens is 1. The van der Waals surface area contributed by atoms with Crippen molar-refractivity contribution in [2.75, 3.05) is 32.0 Å². The number of benzene rings is 2. The maximum absolute atomic E-state index is 13.9. The van der Waals surface area contributed by atoms with E-state index >= 15 is 0 Å². The van der Waals surface area contributed by atoms with Crippen LogP contribution >= 0.6 is 11.3 Å². The molecule has 0 bridgehead atoms. The summed E-state index contributed by atoms with van der Waals surface area (Å²) in [6, 6.07) is 15.8. The van der Waals surface area contributed by atoms with Gasteiger partial charge in [-0.1, -0.05) is 30.3 Å². The normalized spacial score (nSPS) is 18.8. The molecule has 2 heterocycles. The Hall–Kier alpha value is -3.03. The largest absolute Gasteiger partial charge is 0.329 e. The molecule has 170 valence electrons. The summed E-state index contributed by atoms with van der Waals surface area (Å²) in [5, 5.41) is 3.96. The summed E-state index contributed by atoms with van der Waals surface area (Å²) in [4.78, 5) is 35.9. The molecule has 0 radical (unpaired) electrons. The second-order valence-corrected chi connectivity index (χ2v) is 10.2. The molecule has 5 rings (SSSR count). The zero-order valence-corrected chi connectivity index (χ0v) is 19.8. The number of rotatable bonds is 5. The minimum Gasteiger partial charge on any atom is -0.329 e. The van der Waals surface area contributed by atoms with Crippen LogP contribution in [0.25, 0.3) is 10.4 Å². The van der Waals surface area contributed by atoms with Crippen molar-refractivity contribution in [2.45, 2.75) is 25.8 Å². The topological polar surface area (TPSA) is 65.5 Å². The Morgan fingerprint density at radius 1 is 1.09 bits per heavy atom. The number of anilines is 1. The molecular weight excluding hydrogens is 432 g/mol. The quantitative estimate of drug-likeness (QED) is 0.605. The van der Waals surface area contributed by atoms with Crippen LogP contribution in [0.5, 0.6) is 0 Å². The molecule has 2 aromatic carbocycles. The third-order valence-corrected chi connectivity index (χ3v) is 7.33. The van der Waals surface area contributed by atoms with Crippen molar-refractivity contribution >= 4 is 28.8 Å². The molecule has 1 aromatic heterocycles. The van der Waals surface area contributed by atoms with Crippen molar-refractivity contribution in [1.82, 2.24) is 14.8 Å². The summed E-state index contributed by atoms with van der Waals surface area (Å²) in [6.07, 6.45) is 3.72. The van der Waals surface area contributed by atoms with Crippen LogP contribution in [0.1, 0.15) is 39.8 Å². The van der Waals surface area contributed by atoms with Gasteiger partial charge >= 0.3 is 0 Å². The third kappa shape index (κ3) is 4.70. The highest BCUT2D eigenvalue weighted by Crippen LogP contribution is 2.35. The number of likely N-dealkylation sites (N-methyl/N-ethyl adjacent to an activating group) is 1. The average molecular weight is 461 g/mol. The van der Waals surface area contributed by atoms with Gasteiger partial charge in [0.2, 0.25) is 5.91 Å². The molecule has 33 heavy (non-hydrogen) atoms. The smallest absolute Gasteiger partial charge is 0.255 e. The number of carbonyl (C=O) groups is 2. The summed E-state index contributed by atoms with van der Waals surface area (Å²) in [6.45, 7) is 4.25. The fraction of sp³-hybridized carbons (Fsp3) is 0.346. The first kappa shape index (κ1) is 21.8. The first-order valence-electron chi connectivity index (χ1n) is 11.4. The van der Waals surface area contributed by atoms with Crippen molar-refractivity contribution in [3.8, 4) is 10.4 Å². The lowest BCUT2D eigenvalue weighted by Crippen LogP contribution is -2.49. The third-order valence-electron chi connectivity index (χ3n) is 6.38. The van der Waals surface area contributed by atoms with Crippen LogP contribution in [0, 0.1) is 12.8 Å². The maximum Gasteiger partial charge on any atom is 0.255 e. The number of hydrogen-bond donors (Lipinski definition) is 1. The van der Waals surface area contributed by atoms with E-state index in [9.17, 15) is 9.59 Å². The standard InChI is InChI=1S/C26H28N4O2S/c1-17-27-15-24(33-17)22-14-20(28-25(31)19-8-9-19)10-11-21(22)26(32)30-13-12-29(2)16-23(30)18-6-4-3-5-7-18/h3-7,10-11,14-15,19,23H,8-9,12-13,16H2,1-2H3,(H,28,31). The highest BCUT2D eigenvalue weighted by molar-refractivity contribution is 7.15. The minimum absolute atomic E-state index is 0.0113. The van der Waals surface area contributed by atoms with E-state index in [-0.39, 0.29) is 23.8 Å². The van der Waals surface area contributed by atoms with Crippen molar-refractivity contribution in [2.24, 2.45) is 5.92 Å². The minimum atomic E-state index is -0.0113. The number of amides is 2. The van der Waals surface area contributed by atoms with E-state index in [1.807, 2.05) is 54.4 Å². The number of hydrogen-bond acceptors (Lipinski definition) is 5. The van der Waals surface area contributed by atoms with E-state index in [1.165, 1.54) is 0 Å². The predicted molar refractivity (Wildman–Crippen MR) is 131 cm³/mol. The van der Waals surface area contributed by atoms with E-state index in [0.717, 1.165) is 52.6 Å². The van der Waals surface area contributed by atoms with Gasteiger partial charge in [0.15, 0.2) is 0 Å². The molecule has 1 saturated heterocycles. The van der Waals surface area contributed by atoms with Crippen LogP contribution in [0.2, 0.25) is 0 Å². The SMILES string of the molecule is Cc1ncc(-c2cc(NC(=O)C3CC3)ccc2C(=O)N2CCN(C)CC2c2ccccc2)s1. The van der Waals surface area contributed by atoms with Crippen molar-refractivity contribution < 1.29 is 9.59 Å². The molecule has 1 saturated carbocycles. The summed E-state index contributed by atoms with van der Waals surface area (Å²) < 4.78 is 0. The van der Waals surface area contributed by atoms with Gasteiger partial charge in [0.25, 0.3) is 5.91 Å². The van der Waals surface area contributed by atoms with E-state index in [2.05, 4.69) is 34.4 Å². The van der Waals surface area contributed by atoms with Crippen LogP contribution in [-0.2, 0) is 4.79 Å². The molecular formula is C26H28N4O2S. The number of aryl methyl sites for hydroxylation is 1. The van der Waals surface area contributed by atoms with Gasteiger partial charge in [-0.05, 0) is 50.6 Å². The molecule has 3 aromatic rings. The van der Waals surface area contributed by atoms with Gasteiger partial charge in [0.05, 0.1) is 15.9 Å². The van der Waals surface area contributed by atoms with E-state index < -0.39 is 0 Å². The molecule has 6 nitrogen and oxygen atoms in total. The van der Waals surface area contributed by atoms with Gasteiger partial charge in [0, 0.05) is 48.6 Å². The first-order chi connectivity index (χ1) is 16.0. The van der Waals surface area contributed by atoms with Gasteiger partial charge in [-0.15, -0.1) is 11.3 Å². The summed E-state index contributed by atoms with van der Waals surface area (Å²) in [5.41, 5.74) is 3.34. The van der Waals surface area contributed by atoms with Gasteiger partial charge in [-0.3, -0.25) is 9.59 Å². The van der Waals surface area contributed by atoms with Crippen LogP contribution in [0.15, 0.2) is 54.7 Å². The number of nitrogens with zero attached hydrogens (tertiary/aromatic N) is 3. The molecule has 7 heteroatoms. The molecule has 1 aliphatic carbocycles. The highest BCUT2D eigenvalue weighted by Gasteiger charge is 2.33. The van der Waals surface area contributed by atoms with Crippen molar-refractivity contribution in [3.63, 3.8) is 0 Å². The molecule has 2 aliphatic rings. The number of thiazole rings is 1. The first-order valence-corrected chi connectivity index (χ1v) is 12.2. The van der Waals surface area contributed by atoms with Crippen molar-refractivity contribution in [1.29, 1.82) is 0 Å². The average Bonchev–Trinajstić information content (AvgIpc) is 3.60. The predicted octanol–water partition coefficient (Wildman–Crippen LogP) is 4.60. The Bertz CT molecular complexity index is 1170.